The minimum atomic E-state index is 0.243. The van der Waals surface area contributed by atoms with E-state index in [9.17, 15) is 5.11 Å². The Kier molecular flexibility index (Phi) is 3.64. The predicted molar refractivity (Wildman–Crippen MR) is 82.0 cm³/mol. The van der Waals surface area contributed by atoms with Crippen molar-refractivity contribution in [2.24, 2.45) is 5.41 Å². The lowest BCUT2D eigenvalue weighted by Gasteiger charge is -2.31. The molecule has 2 unspecified atom stereocenters. The molecule has 0 saturated heterocycles. The Balaban J connectivity index is 2.68. The van der Waals surface area contributed by atoms with Crippen molar-refractivity contribution in [3.05, 3.63) is 42.0 Å². The van der Waals surface area contributed by atoms with Gasteiger partial charge in [0, 0.05) is 11.0 Å². The van der Waals surface area contributed by atoms with Gasteiger partial charge in [0.1, 0.15) is 5.75 Å². The first kappa shape index (κ1) is 13.4. The van der Waals surface area contributed by atoms with Gasteiger partial charge in [-0.3, -0.25) is 0 Å². The Bertz CT molecular complexity index is 555. The summed E-state index contributed by atoms with van der Waals surface area (Å²) in [6.07, 6.45) is 0. The largest absolute Gasteiger partial charge is 0.507 e. The number of hydrogen-bond donors (Lipinski definition) is 1. The van der Waals surface area contributed by atoms with E-state index in [2.05, 4.69) is 39.6 Å². The van der Waals surface area contributed by atoms with Crippen LogP contribution in [0.2, 0.25) is 0 Å². The van der Waals surface area contributed by atoms with E-state index < -0.39 is 0 Å². The number of benzene rings is 2. The lowest BCUT2D eigenvalue weighted by Crippen LogP contribution is -2.14. The van der Waals surface area contributed by atoms with Gasteiger partial charge >= 0.3 is 0 Å². The molecule has 0 saturated carbocycles. The molecule has 0 aliphatic rings. The minimum absolute atomic E-state index is 0.243. The van der Waals surface area contributed by atoms with Gasteiger partial charge in [0.2, 0.25) is 0 Å². The van der Waals surface area contributed by atoms with Crippen LogP contribution in [0.4, 0.5) is 0 Å². The summed E-state index contributed by atoms with van der Waals surface area (Å²) in [5, 5.41) is 12.1. The normalized spacial score (nSPS) is 14.4. The summed E-state index contributed by atoms with van der Waals surface area (Å²) >= 11 is 0. The molecule has 0 fully saturated rings. The quantitative estimate of drug-likeness (QED) is 0.758. The van der Waals surface area contributed by atoms with E-state index in [1.54, 1.807) is 0 Å². The highest BCUT2D eigenvalue weighted by atomic mass is 31.1. The molecule has 1 N–H and O–H groups in total. The zero-order chi connectivity index (χ0) is 13.3. The highest BCUT2D eigenvalue weighted by Gasteiger charge is 2.26. The van der Waals surface area contributed by atoms with Crippen LogP contribution in [0.5, 0.6) is 5.75 Å². The molecular formula is C16H21OP. The predicted octanol–water partition coefficient (Wildman–Crippen LogP) is 4.94. The van der Waals surface area contributed by atoms with Crippen molar-refractivity contribution in [1.29, 1.82) is 0 Å². The Hall–Kier alpha value is -1.07. The molecule has 0 aliphatic heterocycles. The fourth-order valence-electron chi connectivity index (χ4n) is 2.61. The third kappa shape index (κ3) is 2.37. The Morgan fingerprint density at radius 3 is 2.17 bits per heavy atom. The fraction of sp³-hybridized carbons (Fsp3) is 0.375. The zero-order valence-electron chi connectivity index (χ0n) is 11.5. The van der Waals surface area contributed by atoms with Crippen LogP contribution in [-0.4, -0.2) is 11.8 Å². The molecule has 1 nitrogen and oxygen atoms in total. The third-order valence-electron chi connectivity index (χ3n) is 3.40. The Morgan fingerprint density at radius 2 is 1.61 bits per heavy atom. The van der Waals surface area contributed by atoms with Crippen molar-refractivity contribution in [2.45, 2.75) is 26.4 Å². The van der Waals surface area contributed by atoms with E-state index in [1.807, 2.05) is 24.3 Å². The van der Waals surface area contributed by atoms with Crippen LogP contribution in [0.3, 0.4) is 0 Å². The molecule has 0 amide bonds. The molecule has 2 atom stereocenters. The molecular weight excluding hydrogens is 239 g/mol. The summed E-state index contributed by atoms with van der Waals surface area (Å²) in [4.78, 5) is 0. The van der Waals surface area contributed by atoms with Crippen LogP contribution in [0.15, 0.2) is 36.4 Å². The van der Waals surface area contributed by atoms with Gasteiger partial charge in [-0.2, -0.15) is 0 Å². The lowest BCUT2D eigenvalue weighted by molar-refractivity contribution is 0.400. The van der Waals surface area contributed by atoms with Crippen LogP contribution in [-0.2, 0) is 0 Å². The second kappa shape index (κ2) is 4.90. The van der Waals surface area contributed by atoms with Gasteiger partial charge in [-0.25, -0.2) is 0 Å². The molecule has 2 heteroatoms. The van der Waals surface area contributed by atoms with Crippen molar-refractivity contribution < 1.29 is 5.11 Å². The summed E-state index contributed by atoms with van der Waals surface area (Å²) in [6, 6.07) is 12.0. The van der Waals surface area contributed by atoms with Gasteiger partial charge in [0.05, 0.1) is 0 Å². The van der Waals surface area contributed by atoms with Gasteiger partial charge in [-0.05, 0) is 29.1 Å². The van der Waals surface area contributed by atoms with Crippen molar-refractivity contribution in [3.63, 3.8) is 0 Å². The molecule has 2 rings (SSSR count). The van der Waals surface area contributed by atoms with E-state index in [0.29, 0.717) is 11.4 Å². The highest BCUT2D eigenvalue weighted by Crippen LogP contribution is 2.48. The first-order valence-electron chi connectivity index (χ1n) is 6.33. The molecule has 18 heavy (non-hydrogen) atoms. The van der Waals surface area contributed by atoms with Crippen LogP contribution in [0.1, 0.15) is 32.0 Å². The van der Waals surface area contributed by atoms with E-state index >= 15 is 0 Å². The van der Waals surface area contributed by atoms with Gasteiger partial charge in [-0.15, -0.1) is 8.58 Å². The molecule has 0 bridgehead atoms. The molecule has 0 heterocycles. The molecule has 2 aromatic rings. The number of hydrogen-bond acceptors (Lipinski definition) is 1. The van der Waals surface area contributed by atoms with Crippen molar-refractivity contribution >= 4 is 19.4 Å². The maximum absolute atomic E-state index is 9.96. The SMILES string of the molecule is CPC(c1ccc(O)c2ccccc12)C(C)(C)C. The van der Waals surface area contributed by atoms with E-state index in [4.69, 9.17) is 0 Å². The van der Waals surface area contributed by atoms with Crippen molar-refractivity contribution in [1.82, 2.24) is 0 Å². The third-order valence-corrected chi connectivity index (χ3v) is 5.15. The van der Waals surface area contributed by atoms with E-state index in [0.717, 1.165) is 14.0 Å². The molecule has 96 valence electrons. The number of phenolic OH excluding ortho intramolecular Hbond substituents is 1. The average molecular weight is 260 g/mol. The van der Waals surface area contributed by atoms with Crippen LogP contribution >= 0.6 is 8.58 Å². The molecule has 0 radical (unpaired) electrons. The Morgan fingerprint density at radius 1 is 1.00 bits per heavy atom. The van der Waals surface area contributed by atoms with Gasteiger partial charge < -0.3 is 5.11 Å². The first-order chi connectivity index (χ1) is 8.45. The maximum Gasteiger partial charge on any atom is 0.123 e. The topological polar surface area (TPSA) is 20.2 Å². The van der Waals surface area contributed by atoms with E-state index in [-0.39, 0.29) is 5.41 Å². The maximum atomic E-state index is 9.96. The van der Waals surface area contributed by atoms with Crippen LogP contribution < -0.4 is 0 Å². The van der Waals surface area contributed by atoms with Gasteiger partial charge in [0.15, 0.2) is 0 Å². The van der Waals surface area contributed by atoms with Gasteiger partial charge in [0.25, 0.3) is 0 Å². The van der Waals surface area contributed by atoms with Gasteiger partial charge in [-0.1, -0.05) is 51.1 Å². The van der Waals surface area contributed by atoms with Crippen molar-refractivity contribution in [2.75, 3.05) is 6.66 Å². The van der Waals surface area contributed by atoms with Crippen molar-refractivity contribution in [3.8, 4) is 5.75 Å². The summed E-state index contributed by atoms with van der Waals surface area (Å²) < 4.78 is 0. The van der Waals surface area contributed by atoms with Crippen LogP contribution in [0, 0.1) is 5.41 Å². The summed E-state index contributed by atoms with van der Waals surface area (Å²) in [7, 11) is 0.856. The molecule has 0 aliphatic carbocycles. The summed E-state index contributed by atoms with van der Waals surface area (Å²) in [6.45, 7) is 9.12. The average Bonchev–Trinajstić information content (AvgIpc) is 2.32. The first-order valence-corrected chi connectivity index (χ1v) is 7.91. The number of aromatic hydroxyl groups is 1. The second-order valence-corrected chi connectivity index (χ2v) is 6.96. The number of rotatable bonds is 2. The lowest BCUT2D eigenvalue weighted by atomic mass is 9.85. The second-order valence-electron chi connectivity index (χ2n) is 5.81. The van der Waals surface area contributed by atoms with Crippen LogP contribution in [0.25, 0.3) is 10.8 Å². The molecule has 0 spiro atoms. The standard InChI is InChI=1S/C16H21OP/c1-16(2,3)15(18-4)13-9-10-14(17)12-8-6-5-7-11(12)13/h5-10,15,17-18H,1-4H3. The summed E-state index contributed by atoms with van der Waals surface area (Å²) in [5.41, 5.74) is 2.13. The fourth-order valence-corrected chi connectivity index (χ4v) is 4.04. The monoisotopic (exact) mass is 260 g/mol. The number of phenols is 1. The summed E-state index contributed by atoms with van der Waals surface area (Å²) in [5.74, 6) is 0.376. The zero-order valence-corrected chi connectivity index (χ0v) is 12.5. The highest BCUT2D eigenvalue weighted by molar-refractivity contribution is 7.37. The Labute approximate surface area is 111 Å². The molecule has 2 aromatic carbocycles. The molecule has 0 aromatic heterocycles. The van der Waals surface area contributed by atoms with E-state index in [1.165, 1.54) is 10.9 Å². The minimum Gasteiger partial charge on any atom is -0.507 e. The smallest absolute Gasteiger partial charge is 0.123 e. The number of fused-ring (bicyclic) bond motifs is 1.